The first-order valence-electron chi connectivity index (χ1n) is 3.41. The maximum Gasteiger partial charge on any atom is 0.329 e. The van der Waals surface area contributed by atoms with E-state index >= 15 is 0 Å². The Hall–Kier alpha value is -1.43. The van der Waals surface area contributed by atoms with E-state index in [1.807, 2.05) is 0 Å². The summed E-state index contributed by atoms with van der Waals surface area (Å²) in [5.74, 6) is -0.964. The summed E-state index contributed by atoms with van der Waals surface area (Å²) in [7, 11) is 0. The van der Waals surface area contributed by atoms with E-state index in [0.717, 1.165) is 0 Å². The van der Waals surface area contributed by atoms with Crippen LogP contribution in [0.5, 0.6) is 0 Å². The van der Waals surface area contributed by atoms with Gasteiger partial charge in [-0.05, 0) is 0 Å². The van der Waals surface area contributed by atoms with Crippen molar-refractivity contribution in [2.75, 3.05) is 13.2 Å². The van der Waals surface area contributed by atoms with E-state index in [0.29, 0.717) is 13.2 Å². The fraction of sp³-hybridized carbons (Fsp3) is 0.500. The van der Waals surface area contributed by atoms with Crippen molar-refractivity contribution >= 4 is 5.97 Å². The molecule has 0 spiro atoms. The average molecular weight is 171 g/mol. The van der Waals surface area contributed by atoms with Crippen LogP contribution in [-0.2, 0) is 16.1 Å². The summed E-state index contributed by atoms with van der Waals surface area (Å²) in [5, 5.41) is 12.0. The lowest BCUT2D eigenvalue weighted by Crippen LogP contribution is -2.12. The second-order valence-corrected chi connectivity index (χ2v) is 2.10. The van der Waals surface area contributed by atoms with Crippen LogP contribution < -0.4 is 0 Å². The van der Waals surface area contributed by atoms with Crippen molar-refractivity contribution in [3.8, 4) is 0 Å². The Morgan fingerprint density at radius 2 is 2.50 bits per heavy atom. The molecule has 0 saturated heterocycles. The number of aliphatic carboxylic acids is 1. The van der Waals surface area contributed by atoms with Gasteiger partial charge in [0.15, 0.2) is 0 Å². The molecule has 0 fully saturated rings. The number of aromatic nitrogens is 3. The van der Waals surface area contributed by atoms with E-state index in [2.05, 4.69) is 10.1 Å². The topological polar surface area (TPSA) is 77.2 Å². The Morgan fingerprint density at radius 1 is 1.67 bits per heavy atom. The van der Waals surface area contributed by atoms with Crippen molar-refractivity contribution < 1.29 is 14.6 Å². The van der Waals surface area contributed by atoms with E-state index in [4.69, 9.17) is 9.84 Å². The third kappa shape index (κ3) is 3.11. The molecule has 12 heavy (non-hydrogen) atoms. The van der Waals surface area contributed by atoms with Gasteiger partial charge in [0, 0.05) is 0 Å². The summed E-state index contributed by atoms with van der Waals surface area (Å²) in [6.45, 7) is 0.581. The highest BCUT2D eigenvalue weighted by Gasteiger charge is 1.96. The van der Waals surface area contributed by atoms with Gasteiger partial charge in [-0.1, -0.05) is 0 Å². The Morgan fingerprint density at radius 3 is 3.08 bits per heavy atom. The predicted molar refractivity (Wildman–Crippen MR) is 38.5 cm³/mol. The molecule has 66 valence electrons. The monoisotopic (exact) mass is 171 g/mol. The second kappa shape index (κ2) is 4.45. The number of hydrogen-bond acceptors (Lipinski definition) is 4. The largest absolute Gasteiger partial charge is 0.480 e. The van der Waals surface area contributed by atoms with Gasteiger partial charge < -0.3 is 9.84 Å². The zero-order valence-electron chi connectivity index (χ0n) is 6.38. The maximum atomic E-state index is 10.0. The lowest BCUT2D eigenvalue weighted by Gasteiger charge is -1.99. The smallest absolute Gasteiger partial charge is 0.329 e. The second-order valence-electron chi connectivity index (χ2n) is 2.10. The summed E-state index contributed by atoms with van der Waals surface area (Å²) < 4.78 is 6.35. The van der Waals surface area contributed by atoms with E-state index in [9.17, 15) is 4.79 Å². The average Bonchev–Trinajstić information content (AvgIpc) is 2.49. The highest BCUT2D eigenvalue weighted by Crippen LogP contribution is 1.82. The Kier molecular flexibility index (Phi) is 3.21. The normalized spacial score (nSPS) is 10.0. The lowest BCUT2D eigenvalue weighted by molar-refractivity contribution is -0.142. The van der Waals surface area contributed by atoms with Crippen molar-refractivity contribution in [2.24, 2.45) is 0 Å². The molecule has 0 atom stereocenters. The fourth-order valence-electron chi connectivity index (χ4n) is 0.666. The minimum atomic E-state index is -0.964. The SMILES string of the molecule is O=C(O)COCCn1cncn1. The molecule has 1 aromatic rings. The molecule has 6 heteroatoms. The zero-order valence-corrected chi connectivity index (χ0v) is 6.38. The summed E-state index contributed by atoms with van der Waals surface area (Å²) >= 11 is 0. The van der Waals surface area contributed by atoms with Gasteiger partial charge in [-0.2, -0.15) is 5.10 Å². The molecule has 1 N–H and O–H groups in total. The molecule has 0 aliphatic carbocycles. The number of carbonyl (C=O) groups is 1. The van der Waals surface area contributed by atoms with Gasteiger partial charge in [-0.15, -0.1) is 0 Å². The van der Waals surface area contributed by atoms with Gasteiger partial charge in [0.2, 0.25) is 0 Å². The molecule has 0 saturated carbocycles. The Balaban J connectivity index is 2.07. The van der Waals surface area contributed by atoms with E-state index in [1.165, 1.54) is 6.33 Å². The van der Waals surface area contributed by atoms with Gasteiger partial charge in [-0.3, -0.25) is 4.68 Å². The molecule has 0 radical (unpaired) electrons. The lowest BCUT2D eigenvalue weighted by atomic mass is 10.7. The number of carboxylic acids is 1. The molecule has 6 nitrogen and oxygen atoms in total. The standard InChI is InChI=1S/C6H9N3O3/c10-6(11)3-12-2-1-9-5-7-4-8-9/h4-5H,1-3H2,(H,10,11). The van der Waals surface area contributed by atoms with Crippen LogP contribution in [-0.4, -0.2) is 39.1 Å². The summed E-state index contributed by atoms with van der Waals surface area (Å²) in [5.41, 5.74) is 0. The predicted octanol–water partition coefficient (Wildman–Crippen LogP) is -0.621. The summed E-state index contributed by atoms with van der Waals surface area (Å²) in [6.07, 6.45) is 2.96. The number of hydrogen-bond donors (Lipinski definition) is 1. The zero-order chi connectivity index (χ0) is 8.81. The van der Waals surface area contributed by atoms with Crippen molar-refractivity contribution in [1.29, 1.82) is 0 Å². The van der Waals surface area contributed by atoms with Crippen LogP contribution in [0.2, 0.25) is 0 Å². The van der Waals surface area contributed by atoms with Crippen molar-refractivity contribution in [2.45, 2.75) is 6.54 Å². The van der Waals surface area contributed by atoms with Gasteiger partial charge in [0.05, 0.1) is 13.2 Å². The first kappa shape index (κ1) is 8.66. The molecule has 0 unspecified atom stereocenters. The van der Waals surface area contributed by atoms with E-state index in [-0.39, 0.29) is 6.61 Å². The third-order valence-corrected chi connectivity index (χ3v) is 1.16. The van der Waals surface area contributed by atoms with Gasteiger partial charge >= 0.3 is 5.97 Å². The van der Waals surface area contributed by atoms with Crippen LogP contribution >= 0.6 is 0 Å². The van der Waals surface area contributed by atoms with Gasteiger partial charge in [0.1, 0.15) is 19.3 Å². The molecule has 0 aliphatic heterocycles. The minimum absolute atomic E-state index is 0.269. The molecule has 1 rings (SSSR count). The summed E-state index contributed by atoms with van der Waals surface area (Å²) in [6, 6.07) is 0. The van der Waals surface area contributed by atoms with Crippen LogP contribution in [0.25, 0.3) is 0 Å². The van der Waals surface area contributed by atoms with Crippen molar-refractivity contribution in [3.63, 3.8) is 0 Å². The molecule has 0 amide bonds. The van der Waals surface area contributed by atoms with Gasteiger partial charge in [0.25, 0.3) is 0 Å². The van der Waals surface area contributed by atoms with Gasteiger partial charge in [-0.25, -0.2) is 9.78 Å². The molecule has 1 aromatic heterocycles. The Labute approximate surface area is 68.8 Å². The molecular weight excluding hydrogens is 162 g/mol. The molecule has 0 aromatic carbocycles. The maximum absolute atomic E-state index is 10.0. The first-order chi connectivity index (χ1) is 5.79. The van der Waals surface area contributed by atoms with Crippen LogP contribution in [0.1, 0.15) is 0 Å². The highest BCUT2D eigenvalue weighted by atomic mass is 16.5. The molecule has 0 aliphatic rings. The van der Waals surface area contributed by atoms with E-state index < -0.39 is 5.97 Å². The fourth-order valence-corrected chi connectivity index (χ4v) is 0.666. The van der Waals surface area contributed by atoms with Crippen molar-refractivity contribution in [3.05, 3.63) is 12.7 Å². The number of rotatable bonds is 5. The number of ether oxygens (including phenoxy) is 1. The summed E-state index contributed by atoms with van der Waals surface area (Å²) in [4.78, 5) is 13.7. The van der Waals surface area contributed by atoms with Crippen LogP contribution in [0, 0.1) is 0 Å². The molecule has 1 heterocycles. The van der Waals surface area contributed by atoms with Crippen molar-refractivity contribution in [1.82, 2.24) is 14.8 Å². The molecule has 0 bridgehead atoms. The highest BCUT2D eigenvalue weighted by molar-refractivity contribution is 5.67. The quantitative estimate of drug-likeness (QED) is 0.597. The Bertz CT molecular complexity index is 234. The molecular formula is C6H9N3O3. The first-order valence-corrected chi connectivity index (χ1v) is 3.41. The van der Waals surface area contributed by atoms with Crippen LogP contribution in [0.3, 0.4) is 0 Å². The van der Waals surface area contributed by atoms with E-state index in [1.54, 1.807) is 11.0 Å². The number of nitrogens with zero attached hydrogens (tertiary/aromatic N) is 3. The van der Waals surface area contributed by atoms with Crippen LogP contribution in [0.15, 0.2) is 12.7 Å². The number of carboxylic acid groups (broad SMARTS) is 1. The third-order valence-electron chi connectivity index (χ3n) is 1.16. The van der Waals surface area contributed by atoms with Crippen LogP contribution in [0.4, 0.5) is 0 Å². The minimum Gasteiger partial charge on any atom is -0.480 e.